The van der Waals surface area contributed by atoms with Crippen LogP contribution in [0.1, 0.15) is 25.7 Å². The first-order valence-corrected chi connectivity index (χ1v) is 16.0. The van der Waals surface area contributed by atoms with Crippen molar-refractivity contribution >= 4 is 12.1 Å². The summed E-state index contributed by atoms with van der Waals surface area (Å²) in [5.41, 5.74) is 0. The molecular weight excluding hydrogens is 590 g/mol. The molecule has 1 amide bonds. The van der Waals surface area contributed by atoms with E-state index >= 15 is 0 Å². The molecule has 0 bridgehead atoms. The number of esters is 1. The zero-order valence-electron chi connectivity index (χ0n) is 26.7. The van der Waals surface area contributed by atoms with E-state index in [0.717, 1.165) is 31.8 Å². The highest BCUT2D eigenvalue weighted by Gasteiger charge is 2.49. The van der Waals surface area contributed by atoms with E-state index in [0.29, 0.717) is 137 Å². The molecular formula is C32H53NO12. The maximum absolute atomic E-state index is 11.9. The first-order chi connectivity index (χ1) is 22.2. The predicted octanol–water partition coefficient (Wildman–Crippen LogP) is 2.01. The maximum Gasteiger partial charge on any atom is 0.407 e. The van der Waals surface area contributed by atoms with E-state index in [4.69, 9.17) is 47.4 Å². The average molecular weight is 644 g/mol. The number of carbonyl (C=O) groups is 2. The van der Waals surface area contributed by atoms with Crippen LogP contribution in [0.15, 0.2) is 12.7 Å². The molecule has 3 atom stereocenters. The van der Waals surface area contributed by atoms with Crippen molar-refractivity contribution in [3.8, 4) is 11.8 Å². The molecule has 13 nitrogen and oxygen atoms in total. The molecule has 0 aromatic heterocycles. The highest BCUT2D eigenvalue weighted by molar-refractivity contribution is 5.81. The fourth-order valence-corrected chi connectivity index (χ4v) is 4.63. The van der Waals surface area contributed by atoms with Crippen LogP contribution in [0.2, 0.25) is 0 Å². The summed E-state index contributed by atoms with van der Waals surface area (Å²) >= 11 is 0. The highest BCUT2D eigenvalue weighted by atomic mass is 16.6. The van der Waals surface area contributed by atoms with Crippen molar-refractivity contribution in [3.05, 3.63) is 12.7 Å². The summed E-state index contributed by atoms with van der Waals surface area (Å²) < 4.78 is 53.6. The molecule has 1 fully saturated rings. The Balaban J connectivity index is 1.17. The summed E-state index contributed by atoms with van der Waals surface area (Å²) in [6, 6.07) is 0. The lowest BCUT2D eigenvalue weighted by atomic mass is 10.1. The van der Waals surface area contributed by atoms with Gasteiger partial charge < -0.3 is 52.7 Å². The van der Waals surface area contributed by atoms with Gasteiger partial charge in [0.25, 0.3) is 0 Å². The van der Waals surface area contributed by atoms with Crippen molar-refractivity contribution in [2.24, 2.45) is 17.8 Å². The quantitative estimate of drug-likeness (QED) is 0.0530. The molecule has 258 valence electrons. The monoisotopic (exact) mass is 643 g/mol. The second kappa shape index (κ2) is 28.0. The molecule has 13 heteroatoms. The molecule has 2 aliphatic rings. The van der Waals surface area contributed by atoms with Gasteiger partial charge in [-0.2, -0.15) is 0 Å². The van der Waals surface area contributed by atoms with E-state index in [1.54, 1.807) is 0 Å². The van der Waals surface area contributed by atoms with E-state index in [2.05, 4.69) is 23.7 Å². The Morgan fingerprint density at radius 1 is 0.578 bits per heavy atom. The minimum Gasteiger partial charge on any atom is -0.460 e. The molecule has 0 radical (unpaired) electrons. The summed E-state index contributed by atoms with van der Waals surface area (Å²) in [6.45, 7) is 11.7. The van der Waals surface area contributed by atoms with Crippen molar-refractivity contribution in [1.29, 1.82) is 0 Å². The third-order valence-corrected chi connectivity index (χ3v) is 7.00. The van der Waals surface area contributed by atoms with E-state index in [1.165, 1.54) is 0 Å². The van der Waals surface area contributed by atoms with E-state index in [9.17, 15) is 9.59 Å². The Morgan fingerprint density at radius 3 is 1.36 bits per heavy atom. The molecule has 1 unspecified atom stereocenters. The van der Waals surface area contributed by atoms with Crippen LogP contribution in [-0.2, 0) is 52.2 Å². The largest absolute Gasteiger partial charge is 0.460 e. The zero-order valence-corrected chi connectivity index (χ0v) is 26.7. The molecule has 1 saturated carbocycles. The van der Waals surface area contributed by atoms with Gasteiger partial charge in [0.15, 0.2) is 0 Å². The van der Waals surface area contributed by atoms with Gasteiger partial charge >= 0.3 is 12.1 Å². The number of rotatable bonds is 30. The number of alkyl carbamates (subject to hydrolysis) is 1. The SMILES string of the molecule is C=CC(=O)OCCOCCOCCOCCOCCOCCOCCOCCOCCNC(=O)OCC1[C@H]2CCC#CCC[C@@H]12. The highest BCUT2D eigenvalue weighted by Crippen LogP contribution is 2.52. The molecule has 0 saturated heterocycles. The lowest BCUT2D eigenvalue weighted by Gasteiger charge is -2.09. The van der Waals surface area contributed by atoms with Crippen LogP contribution in [0.5, 0.6) is 0 Å². The van der Waals surface area contributed by atoms with Crippen LogP contribution in [0.3, 0.4) is 0 Å². The number of nitrogens with one attached hydrogen (secondary N) is 1. The number of amides is 1. The predicted molar refractivity (Wildman–Crippen MR) is 164 cm³/mol. The van der Waals surface area contributed by atoms with Crippen molar-refractivity contribution in [3.63, 3.8) is 0 Å². The van der Waals surface area contributed by atoms with E-state index in [-0.39, 0.29) is 12.7 Å². The van der Waals surface area contributed by atoms with Gasteiger partial charge in [0.05, 0.1) is 112 Å². The molecule has 2 aliphatic carbocycles. The molecule has 45 heavy (non-hydrogen) atoms. The van der Waals surface area contributed by atoms with Gasteiger partial charge in [0.2, 0.25) is 0 Å². The Bertz CT molecular complexity index is 815. The Labute approximate surface area is 267 Å². The second-order valence-electron chi connectivity index (χ2n) is 10.2. The molecule has 0 heterocycles. The lowest BCUT2D eigenvalue weighted by molar-refractivity contribution is -0.139. The zero-order chi connectivity index (χ0) is 32.0. The summed E-state index contributed by atoms with van der Waals surface area (Å²) in [5.74, 6) is 7.77. The Morgan fingerprint density at radius 2 is 0.956 bits per heavy atom. The van der Waals surface area contributed by atoms with Gasteiger partial charge in [0, 0.05) is 25.5 Å². The fourth-order valence-electron chi connectivity index (χ4n) is 4.63. The van der Waals surface area contributed by atoms with Crippen molar-refractivity contribution in [2.45, 2.75) is 25.7 Å². The second-order valence-corrected chi connectivity index (χ2v) is 10.2. The lowest BCUT2D eigenvalue weighted by Crippen LogP contribution is -2.29. The van der Waals surface area contributed by atoms with Crippen LogP contribution >= 0.6 is 0 Å². The van der Waals surface area contributed by atoms with Crippen molar-refractivity contribution in [2.75, 3.05) is 125 Å². The fraction of sp³-hybridized carbons (Fsp3) is 0.812. The minimum absolute atomic E-state index is 0.195. The number of carbonyl (C=O) groups excluding carboxylic acids is 2. The summed E-state index contributed by atoms with van der Waals surface area (Å²) in [4.78, 5) is 22.7. The molecule has 0 aliphatic heterocycles. The van der Waals surface area contributed by atoms with Gasteiger partial charge in [-0.05, 0) is 30.6 Å². The third kappa shape index (κ3) is 22.0. The van der Waals surface area contributed by atoms with Gasteiger partial charge in [0.1, 0.15) is 6.61 Å². The van der Waals surface area contributed by atoms with Crippen LogP contribution < -0.4 is 5.32 Å². The molecule has 1 N–H and O–H groups in total. The van der Waals surface area contributed by atoms with Gasteiger partial charge in [-0.1, -0.05) is 6.58 Å². The molecule has 0 spiro atoms. The Hall–Kier alpha value is -2.28. The molecule has 0 aromatic carbocycles. The van der Waals surface area contributed by atoms with Crippen molar-refractivity contribution < 1.29 is 57.0 Å². The smallest absolute Gasteiger partial charge is 0.407 e. The number of hydrogen-bond donors (Lipinski definition) is 1. The average Bonchev–Trinajstić information content (AvgIpc) is 3.69. The van der Waals surface area contributed by atoms with E-state index in [1.807, 2.05) is 0 Å². The van der Waals surface area contributed by atoms with E-state index < -0.39 is 5.97 Å². The topological polar surface area (TPSA) is 138 Å². The van der Waals surface area contributed by atoms with Crippen LogP contribution in [0.4, 0.5) is 4.79 Å². The standard InChI is InChI=1S/C32H53NO12/c1-2-31(34)44-26-25-43-24-23-42-22-21-41-20-19-40-18-17-39-16-15-38-14-13-37-12-11-36-10-9-33-32(35)45-27-30-28-7-5-3-4-6-8-29(28)30/h2,28-30H,1,5-27H2,(H,33,35)/t28-,29+,30?. The minimum atomic E-state index is -0.461. The van der Waals surface area contributed by atoms with Crippen LogP contribution in [-0.4, -0.2) is 138 Å². The van der Waals surface area contributed by atoms with Crippen LogP contribution in [0.25, 0.3) is 0 Å². The molecule has 2 rings (SSSR count). The third-order valence-electron chi connectivity index (χ3n) is 7.00. The van der Waals surface area contributed by atoms with Crippen LogP contribution in [0, 0.1) is 29.6 Å². The number of fused-ring (bicyclic) bond motifs is 1. The number of hydrogen-bond acceptors (Lipinski definition) is 12. The van der Waals surface area contributed by atoms with Gasteiger partial charge in [-0.3, -0.25) is 0 Å². The first kappa shape index (κ1) is 38.9. The summed E-state index contributed by atoms with van der Waals surface area (Å²) in [6.07, 6.45) is 4.90. The number of ether oxygens (including phenoxy) is 10. The summed E-state index contributed by atoms with van der Waals surface area (Å²) in [7, 11) is 0. The maximum atomic E-state index is 11.9. The van der Waals surface area contributed by atoms with Crippen molar-refractivity contribution in [1.82, 2.24) is 5.32 Å². The molecule has 0 aromatic rings. The first-order valence-electron chi connectivity index (χ1n) is 16.0. The van der Waals surface area contributed by atoms with Gasteiger partial charge in [-0.15, -0.1) is 11.8 Å². The summed E-state index contributed by atoms with van der Waals surface area (Å²) in [5, 5.41) is 2.73. The normalized spacial score (nSPS) is 18.5. The van der Waals surface area contributed by atoms with Gasteiger partial charge in [-0.25, -0.2) is 9.59 Å². The Kier molecular flexibility index (Phi) is 24.2.